The summed E-state index contributed by atoms with van der Waals surface area (Å²) in [4.78, 5) is 54.6. The molecule has 2 saturated heterocycles. The average molecular weight is 789 g/mol. The average Bonchev–Trinajstić information content (AvgIpc) is 3.05. The second kappa shape index (κ2) is 16.0. The van der Waals surface area contributed by atoms with Gasteiger partial charge >= 0.3 is 24.1 Å². The van der Waals surface area contributed by atoms with Crippen molar-refractivity contribution in [2.24, 2.45) is 11.1 Å². The van der Waals surface area contributed by atoms with Crippen molar-refractivity contribution in [1.82, 2.24) is 14.8 Å². The van der Waals surface area contributed by atoms with Crippen molar-refractivity contribution in [3.63, 3.8) is 0 Å². The molecule has 300 valence electrons. The number of ether oxygens (including phenoxy) is 5. The third kappa shape index (κ3) is 10.4. The topological polar surface area (TPSA) is 194 Å². The number of pyridine rings is 1. The monoisotopic (exact) mass is 788 g/mol. The van der Waals surface area contributed by atoms with Crippen LogP contribution in [0, 0.1) is 18.2 Å². The number of rotatable bonds is 8. The summed E-state index contributed by atoms with van der Waals surface area (Å²) in [5.74, 6) is -1.75. The first-order valence-electron chi connectivity index (χ1n) is 17.3. The van der Waals surface area contributed by atoms with Crippen LogP contribution in [0.15, 0.2) is 53.4 Å². The first-order chi connectivity index (χ1) is 25.4. The highest BCUT2D eigenvalue weighted by Crippen LogP contribution is 2.36. The minimum Gasteiger partial charge on any atom is -0.489 e. The van der Waals surface area contributed by atoms with Crippen LogP contribution in [0.5, 0.6) is 5.75 Å². The Labute approximate surface area is 320 Å². The van der Waals surface area contributed by atoms with Crippen LogP contribution >= 0.6 is 0 Å². The molecule has 2 fully saturated rings. The molecule has 2 N–H and O–H groups in total. The van der Waals surface area contributed by atoms with Crippen molar-refractivity contribution in [1.29, 1.82) is 0 Å². The van der Waals surface area contributed by atoms with E-state index in [-0.39, 0.29) is 43.2 Å². The van der Waals surface area contributed by atoms with Gasteiger partial charge in [-0.1, -0.05) is 12.1 Å². The number of nitrogens with two attached hydrogens (primary N) is 1. The Kier molecular flexibility index (Phi) is 12.4. The first kappa shape index (κ1) is 42.7. The second-order valence-corrected chi connectivity index (χ2v) is 17.7. The molecule has 2 aromatic carbocycles. The summed E-state index contributed by atoms with van der Waals surface area (Å²) in [6.45, 7) is 12.4. The molecular weight excluding hydrogens is 740 g/mol. The standard InChI is InChI=1S/C28H31FN2O7S.C10H18N2O4/c1-18-13-19(22-7-6-8-23(29)24(22)30-18)14-37-20-9-11-21(12-10-20)39(34,35)17-28(25(32)36-5)15-31(16-28)26(33)38-27(2,3)4;1-9(2,3)16-8(14)12-5-10(11,6-12)7(13)15-4/h6-13H,14-17H2,1-5H3;5-6,11H2,1-4H3. The fourth-order valence-electron chi connectivity index (χ4n) is 5.96. The van der Waals surface area contributed by atoms with Crippen LogP contribution in [-0.2, 0) is 45.0 Å². The number of fused-ring (bicyclic) bond motifs is 1. The smallest absolute Gasteiger partial charge is 0.410 e. The molecule has 2 amide bonds. The summed E-state index contributed by atoms with van der Waals surface area (Å²) in [6.07, 6.45) is -1.08. The summed E-state index contributed by atoms with van der Waals surface area (Å²) >= 11 is 0. The molecule has 2 aliphatic rings. The van der Waals surface area contributed by atoms with Gasteiger partial charge in [0.2, 0.25) is 0 Å². The molecule has 3 heterocycles. The van der Waals surface area contributed by atoms with E-state index in [0.717, 1.165) is 5.56 Å². The van der Waals surface area contributed by atoms with Crippen LogP contribution in [0.1, 0.15) is 52.8 Å². The number of hydrogen-bond acceptors (Lipinski definition) is 13. The van der Waals surface area contributed by atoms with Gasteiger partial charge in [-0.05, 0) is 84.9 Å². The van der Waals surface area contributed by atoms with Crippen molar-refractivity contribution in [2.75, 3.05) is 46.2 Å². The Morgan fingerprint density at radius 2 is 1.36 bits per heavy atom. The van der Waals surface area contributed by atoms with Crippen LogP contribution in [-0.4, -0.2) is 110 Å². The maximum Gasteiger partial charge on any atom is 0.410 e. The van der Waals surface area contributed by atoms with Crippen LogP contribution in [0.25, 0.3) is 10.9 Å². The van der Waals surface area contributed by atoms with Gasteiger partial charge in [0.05, 0.1) is 38.0 Å². The van der Waals surface area contributed by atoms with Crippen LogP contribution in [0.2, 0.25) is 0 Å². The minimum absolute atomic E-state index is 0.00104. The number of sulfone groups is 1. The van der Waals surface area contributed by atoms with E-state index >= 15 is 0 Å². The molecule has 17 heteroatoms. The van der Waals surface area contributed by atoms with Gasteiger partial charge in [-0.3, -0.25) is 9.78 Å². The van der Waals surface area contributed by atoms with Crippen molar-refractivity contribution in [3.8, 4) is 5.75 Å². The highest BCUT2D eigenvalue weighted by atomic mass is 32.2. The maximum absolute atomic E-state index is 14.2. The molecule has 3 aromatic rings. The van der Waals surface area contributed by atoms with Gasteiger partial charge < -0.3 is 39.2 Å². The van der Waals surface area contributed by atoms with E-state index in [9.17, 15) is 32.0 Å². The van der Waals surface area contributed by atoms with Gasteiger partial charge in [-0.25, -0.2) is 27.2 Å². The van der Waals surface area contributed by atoms with E-state index in [1.165, 1.54) is 54.4 Å². The summed E-state index contributed by atoms with van der Waals surface area (Å²) < 4.78 is 66.4. The number of aromatic nitrogens is 1. The molecule has 0 spiro atoms. The zero-order chi connectivity index (χ0) is 41.1. The molecule has 0 radical (unpaired) electrons. The predicted molar refractivity (Wildman–Crippen MR) is 198 cm³/mol. The second-order valence-electron chi connectivity index (χ2n) is 15.7. The molecule has 0 bridgehead atoms. The van der Waals surface area contributed by atoms with Crippen LogP contribution < -0.4 is 10.5 Å². The number of likely N-dealkylation sites (tertiary alicyclic amines) is 2. The lowest BCUT2D eigenvalue weighted by Crippen LogP contribution is -2.73. The maximum atomic E-state index is 14.2. The Morgan fingerprint density at radius 3 is 1.87 bits per heavy atom. The lowest BCUT2D eigenvalue weighted by molar-refractivity contribution is -0.160. The van der Waals surface area contributed by atoms with Crippen molar-refractivity contribution in [2.45, 2.75) is 76.7 Å². The van der Waals surface area contributed by atoms with E-state index in [0.29, 0.717) is 16.8 Å². The predicted octanol–water partition coefficient (Wildman–Crippen LogP) is 4.55. The molecular formula is C38H49FN4O11S. The van der Waals surface area contributed by atoms with Gasteiger partial charge in [0.25, 0.3) is 0 Å². The Hall–Kier alpha value is -5.03. The molecule has 55 heavy (non-hydrogen) atoms. The molecule has 1 aromatic heterocycles. The number of methoxy groups -OCH3 is 2. The molecule has 0 atom stereocenters. The summed E-state index contributed by atoms with van der Waals surface area (Å²) in [7, 11) is -1.47. The van der Waals surface area contributed by atoms with E-state index in [1.807, 2.05) is 6.07 Å². The molecule has 15 nitrogen and oxygen atoms in total. The largest absolute Gasteiger partial charge is 0.489 e. The molecule has 2 aliphatic heterocycles. The molecule has 0 unspecified atom stereocenters. The van der Waals surface area contributed by atoms with E-state index in [1.54, 1.807) is 60.6 Å². The zero-order valence-corrected chi connectivity index (χ0v) is 33.4. The summed E-state index contributed by atoms with van der Waals surface area (Å²) in [6, 6.07) is 12.4. The highest BCUT2D eigenvalue weighted by Gasteiger charge is 2.55. The first-order valence-corrected chi connectivity index (χ1v) is 19.0. The van der Waals surface area contributed by atoms with E-state index < -0.39 is 67.7 Å². The number of hydrogen-bond donors (Lipinski definition) is 1. The molecule has 5 rings (SSSR count). The number of para-hydroxylation sites is 1. The van der Waals surface area contributed by atoms with Crippen molar-refractivity contribution >= 4 is 44.9 Å². The fourth-order valence-corrected chi connectivity index (χ4v) is 7.70. The quantitative estimate of drug-likeness (QED) is 0.247. The minimum atomic E-state index is -3.93. The Balaban J connectivity index is 0.000000352. The number of benzene rings is 2. The van der Waals surface area contributed by atoms with Gasteiger partial charge in [-0.2, -0.15) is 0 Å². The fraction of sp³-hybridized carbons (Fsp3) is 0.500. The Bertz CT molecular complexity index is 2030. The zero-order valence-electron chi connectivity index (χ0n) is 32.6. The number of halogens is 1. The van der Waals surface area contributed by atoms with Crippen molar-refractivity contribution < 1.29 is 55.7 Å². The molecule has 0 saturated carbocycles. The van der Waals surface area contributed by atoms with E-state index in [2.05, 4.69) is 9.72 Å². The van der Waals surface area contributed by atoms with Crippen LogP contribution in [0.4, 0.5) is 14.0 Å². The lowest BCUT2D eigenvalue weighted by atomic mass is 9.82. The highest BCUT2D eigenvalue weighted by molar-refractivity contribution is 7.91. The summed E-state index contributed by atoms with van der Waals surface area (Å²) in [5, 5.41) is 0.633. The normalized spacial score (nSPS) is 16.1. The number of aryl methyl sites for hydroxylation is 1. The number of carbonyl (C=O) groups excluding carboxylic acids is 4. The van der Waals surface area contributed by atoms with Crippen molar-refractivity contribution in [3.05, 3.63) is 65.6 Å². The number of amides is 2. The number of nitrogens with zero attached hydrogens (tertiary/aromatic N) is 3. The lowest BCUT2D eigenvalue weighted by Gasteiger charge is -2.47. The van der Waals surface area contributed by atoms with Gasteiger partial charge in [0.1, 0.15) is 40.3 Å². The molecule has 0 aliphatic carbocycles. The summed E-state index contributed by atoms with van der Waals surface area (Å²) in [5.41, 5.74) is 3.63. The number of esters is 2. The van der Waals surface area contributed by atoms with E-state index in [4.69, 9.17) is 24.7 Å². The van der Waals surface area contributed by atoms with Gasteiger partial charge in [0, 0.05) is 29.7 Å². The Morgan fingerprint density at radius 1 is 0.836 bits per heavy atom. The van der Waals surface area contributed by atoms with Gasteiger partial charge in [-0.15, -0.1) is 0 Å². The van der Waals surface area contributed by atoms with Gasteiger partial charge in [0.15, 0.2) is 15.4 Å². The third-order valence-electron chi connectivity index (χ3n) is 8.49. The third-order valence-corrected chi connectivity index (χ3v) is 10.4. The van der Waals surface area contributed by atoms with Crippen LogP contribution in [0.3, 0.4) is 0 Å². The SMILES string of the molecule is COC(=O)C1(CS(=O)(=O)c2ccc(OCc3cc(C)nc4c(F)cccc34)cc2)CN(C(=O)OC(C)(C)C)C1.COC(=O)C1(N)CN(C(=O)OC(C)(C)C)C1. The number of carbonyl (C=O) groups is 4.